The van der Waals surface area contributed by atoms with E-state index in [1.165, 1.54) is 6.92 Å². The Morgan fingerprint density at radius 1 is 1.43 bits per heavy atom. The number of non-ortho nitro benzene ring substituents is 1. The van der Waals surface area contributed by atoms with Gasteiger partial charge in [0.2, 0.25) is 0 Å². The lowest BCUT2D eigenvalue weighted by Gasteiger charge is -2.40. The quantitative estimate of drug-likeness (QED) is 0.480. The Labute approximate surface area is 129 Å². The first kappa shape index (κ1) is 17.2. The van der Waals surface area contributed by atoms with Gasteiger partial charge in [0, 0.05) is 31.5 Å². The summed E-state index contributed by atoms with van der Waals surface area (Å²) in [7, 11) is 0. The third-order valence-corrected chi connectivity index (χ3v) is 3.70. The van der Waals surface area contributed by atoms with Crippen molar-refractivity contribution < 1.29 is 27.2 Å². The third kappa shape index (κ3) is 2.99. The monoisotopic (exact) mass is 334 g/mol. The van der Waals surface area contributed by atoms with E-state index in [1.807, 2.05) is 0 Å². The smallest absolute Gasteiger partial charge is 0.284 e. The maximum absolute atomic E-state index is 14.7. The van der Waals surface area contributed by atoms with Crippen molar-refractivity contribution in [3.8, 4) is 0 Å². The fourth-order valence-corrected chi connectivity index (χ4v) is 2.54. The largest absolute Gasteiger partial charge is 0.468 e. The Morgan fingerprint density at radius 3 is 2.57 bits per heavy atom. The van der Waals surface area contributed by atoms with Gasteiger partial charge in [0.1, 0.15) is 11.4 Å². The van der Waals surface area contributed by atoms with Gasteiger partial charge in [0.05, 0.1) is 4.92 Å². The van der Waals surface area contributed by atoms with E-state index in [2.05, 4.69) is 4.99 Å². The second kappa shape index (κ2) is 5.47. The average Bonchev–Trinajstić information content (AvgIpc) is 2.41. The van der Waals surface area contributed by atoms with Crippen LogP contribution in [0.5, 0.6) is 0 Å². The molecule has 0 aromatic heterocycles. The highest BCUT2D eigenvalue weighted by molar-refractivity contribution is 5.75. The number of hydrogen-bond donors (Lipinski definition) is 0. The van der Waals surface area contributed by atoms with E-state index in [-0.39, 0.29) is 5.90 Å². The summed E-state index contributed by atoms with van der Waals surface area (Å²) in [6.45, 7) is 2.82. The van der Waals surface area contributed by atoms with E-state index in [1.54, 1.807) is 0 Å². The molecule has 1 aliphatic rings. The zero-order valence-electron chi connectivity index (χ0n) is 12.5. The molecule has 1 aromatic carbocycles. The van der Waals surface area contributed by atoms with Crippen molar-refractivity contribution >= 4 is 11.6 Å². The van der Waals surface area contributed by atoms with Gasteiger partial charge in [-0.2, -0.15) is 0 Å². The summed E-state index contributed by atoms with van der Waals surface area (Å²) in [4.78, 5) is 13.9. The molecule has 5 nitrogen and oxygen atoms in total. The summed E-state index contributed by atoms with van der Waals surface area (Å²) in [6.07, 6.45) is -4.58. The molecule has 0 radical (unpaired) electrons. The second-order valence-electron chi connectivity index (χ2n) is 5.60. The van der Waals surface area contributed by atoms with E-state index in [9.17, 15) is 27.7 Å². The SMILES string of the molecule is CC1=N[C@](C)(c2cc([N+](=O)[O-])ccc2F)[C@@H](F)[C@@H](C(C)(F)F)O1. The zero-order chi connectivity index (χ0) is 17.6. The first-order chi connectivity index (χ1) is 10.5. The number of aliphatic imine (C=N–C) groups is 1. The third-order valence-electron chi connectivity index (χ3n) is 3.70. The molecule has 1 aliphatic heterocycles. The highest BCUT2D eigenvalue weighted by Gasteiger charge is 2.55. The predicted octanol–water partition coefficient (Wildman–Crippen LogP) is 3.76. The summed E-state index contributed by atoms with van der Waals surface area (Å²) in [5.41, 5.74) is -3.03. The minimum Gasteiger partial charge on any atom is -0.468 e. The molecule has 1 heterocycles. The first-order valence-corrected chi connectivity index (χ1v) is 6.66. The number of rotatable bonds is 3. The molecule has 1 aromatic rings. The molecule has 2 rings (SSSR count). The Hall–Kier alpha value is -2.19. The standard InChI is InChI=1S/C14H14F4N2O3/c1-7-19-13(2,11(16)12(23-7)14(3,17)18)9-6-8(20(21)22)4-5-10(9)15/h4-6,11-12H,1-3H3/t11-,12-,13+/m0/s1. The van der Waals surface area contributed by atoms with Gasteiger partial charge in [-0.1, -0.05) is 0 Å². The van der Waals surface area contributed by atoms with Gasteiger partial charge in [-0.15, -0.1) is 0 Å². The zero-order valence-corrected chi connectivity index (χ0v) is 12.5. The molecule has 0 amide bonds. The minimum absolute atomic E-state index is 0.251. The van der Waals surface area contributed by atoms with Gasteiger partial charge in [-0.3, -0.25) is 10.1 Å². The van der Waals surface area contributed by atoms with Crippen LogP contribution in [-0.4, -0.2) is 29.0 Å². The number of alkyl halides is 3. The molecular weight excluding hydrogens is 320 g/mol. The van der Waals surface area contributed by atoms with Crippen LogP contribution in [0.25, 0.3) is 0 Å². The maximum Gasteiger partial charge on any atom is 0.284 e. The number of nitro groups is 1. The summed E-state index contributed by atoms with van der Waals surface area (Å²) < 4.78 is 60.7. The molecule has 0 unspecified atom stereocenters. The summed E-state index contributed by atoms with van der Waals surface area (Å²) in [6, 6.07) is 2.48. The lowest BCUT2D eigenvalue weighted by Crippen LogP contribution is -2.54. The van der Waals surface area contributed by atoms with Crippen molar-refractivity contribution in [1.29, 1.82) is 0 Å². The van der Waals surface area contributed by atoms with Gasteiger partial charge < -0.3 is 4.74 Å². The van der Waals surface area contributed by atoms with Crippen LogP contribution in [0.1, 0.15) is 26.3 Å². The van der Waals surface area contributed by atoms with E-state index >= 15 is 0 Å². The molecule has 0 bridgehead atoms. The Morgan fingerprint density at radius 2 is 2.04 bits per heavy atom. The topological polar surface area (TPSA) is 64.7 Å². The lowest BCUT2D eigenvalue weighted by atomic mass is 9.82. The van der Waals surface area contributed by atoms with Crippen LogP contribution in [0, 0.1) is 15.9 Å². The van der Waals surface area contributed by atoms with Crippen LogP contribution < -0.4 is 0 Å². The fraction of sp³-hybridized carbons (Fsp3) is 0.500. The van der Waals surface area contributed by atoms with Crippen molar-refractivity contribution in [2.45, 2.75) is 44.5 Å². The number of ether oxygens (including phenoxy) is 1. The molecule has 126 valence electrons. The van der Waals surface area contributed by atoms with Gasteiger partial charge in [-0.05, 0) is 13.0 Å². The number of hydrogen-bond acceptors (Lipinski definition) is 4. The summed E-state index contributed by atoms with van der Waals surface area (Å²) in [5.74, 6) is -4.77. The van der Waals surface area contributed by atoms with Crippen LogP contribution in [0.3, 0.4) is 0 Å². The highest BCUT2D eigenvalue weighted by Crippen LogP contribution is 2.43. The highest BCUT2D eigenvalue weighted by atomic mass is 19.3. The molecule has 0 aliphatic carbocycles. The van der Waals surface area contributed by atoms with Crippen LogP contribution in [0.4, 0.5) is 23.2 Å². The fourth-order valence-electron chi connectivity index (χ4n) is 2.54. The average molecular weight is 334 g/mol. The van der Waals surface area contributed by atoms with E-state index in [4.69, 9.17) is 4.74 Å². The van der Waals surface area contributed by atoms with Crippen molar-refractivity contribution in [3.63, 3.8) is 0 Å². The van der Waals surface area contributed by atoms with Crippen LogP contribution in [0.15, 0.2) is 23.2 Å². The Kier molecular flexibility index (Phi) is 4.08. The molecule has 0 saturated carbocycles. The normalized spacial score (nSPS) is 28.0. The van der Waals surface area contributed by atoms with E-state index in [0.717, 1.165) is 25.1 Å². The summed E-state index contributed by atoms with van der Waals surface area (Å²) >= 11 is 0. The van der Waals surface area contributed by atoms with Crippen molar-refractivity contribution in [2.75, 3.05) is 0 Å². The van der Waals surface area contributed by atoms with Gasteiger partial charge in [0.25, 0.3) is 11.6 Å². The van der Waals surface area contributed by atoms with Crippen molar-refractivity contribution in [2.24, 2.45) is 4.99 Å². The number of nitro benzene ring substituents is 1. The number of halogens is 4. The Bertz CT molecular complexity index is 674. The van der Waals surface area contributed by atoms with Crippen molar-refractivity contribution in [3.05, 3.63) is 39.7 Å². The maximum atomic E-state index is 14.7. The molecule has 0 spiro atoms. The molecule has 23 heavy (non-hydrogen) atoms. The first-order valence-electron chi connectivity index (χ1n) is 6.66. The molecular formula is C14H14F4N2O3. The lowest BCUT2D eigenvalue weighted by molar-refractivity contribution is -0.385. The van der Waals surface area contributed by atoms with Crippen molar-refractivity contribution in [1.82, 2.24) is 0 Å². The van der Waals surface area contributed by atoms with Gasteiger partial charge in [-0.25, -0.2) is 22.6 Å². The molecule has 3 atom stereocenters. The number of nitrogens with zero attached hydrogens (tertiary/aromatic N) is 2. The minimum atomic E-state index is -3.55. The molecule has 0 N–H and O–H groups in total. The van der Waals surface area contributed by atoms with Crippen LogP contribution in [0.2, 0.25) is 0 Å². The Balaban J connectivity index is 2.62. The number of benzene rings is 1. The molecule has 0 saturated heterocycles. The van der Waals surface area contributed by atoms with E-state index < -0.39 is 45.7 Å². The second-order valence-corrected chi connectivity index (χ2v) is 5.60. The van der Waals surface area contributed by atoms with Crippen LogP contribution >= 0.6 is 0 Å². The van der Waals surface area contributed by atoms with Gasteiger partial charge in [0.15, 0.2) is 18.2 Å². The van der Waals surface area contributed by atoms with E-state index in [0.29, 0.717) is 6.92 Å². The van der Waals surface area contributed by atoms with Crippen LogP contribution in [-0.2, 0) is 10.3 Å². The van der Waals surface area contributed by atoms with Gasteiger partial charge >= 0.3 is 0 Å². The predicted molar refractivity (Wildman–Crippen MR) is 73.9 cm³/mol. The molecule has 0 fully saturated rings. The summed E-state index contributed by atoms with van der Waals surface area (Å²) in [5, 5.41) is 10.8. The molecule has 9 heteroatoms.